The molecular weight excluding hydrogens is 534 g/mol. The number of para-hydroxylation sites is 1. The number of furan rings is 1. The fraction of sp³-hybridized carbons (Fsp3) is 0.115. The summed E-state index contributed by atoms with van der Waals surface area (Å²) >= 11 is 9.68. The molecule has 0 aliphatic heterocycles. The molecule has 9 heteroatoms. The second kappa shape index (κ2) is 9.56. The fourth-order valence-electron chi connectivity index (χ4n) is 3.71. The fourth-order valence-corrected chi connectivity index (χ4v) is 4.32. The summed E-state index contributed by atoms with van der Waals surface area (Å²) in [5.41, 5.74) is 1.53. The van der Waals surface area contributed by atoms with Crippen molar-refractivity contribution >= 4 is 55.6 Å². The number of hydrogen-bond donors (Lipinski definition) is 0. The van der Waals surface area contributed by atoms with Gasteiger partial charge in [-0.25, -0.2) is 4.98 Å². The van der Waals surface area contributed by atoms with Crippen molar-refractivity contribution in [1.29, 1.82) is 0 Å². The summed E-state index contributed by atoms with van der Waals surface area (Å²) in [7, 11) is 1.57. The van der Waals surface area contributed by atoms with Crippen molar-refractivity contribution in [1.82, 2.24) is 9.66 Å². The predicted molar refractivity (Wildman–Crippen MR) is 141 cm³/mol. The number of methoxy groups -OCH3 is 1. The van der Waals surface area contributed by atoms with Crippen LogP contribution in [0.2, 0.25) is 5.02 Å². The number of ether oxygens (including phenoxy) is 2. The van der Waals surface area contributed by atoms with Crippen LogP contribution >= 0.6 is 27.5 Å². The van der Waals surface area contributed by atoms with E-state index in [1.54, 1.807) is 67.9 Å². The topological polar surface area (TPSA) is 78.9 Å². The molecule has 0 aliphatic rings. The van der Waals surface area contributed by atoms with E-state index in [4.69, 9.17) is 30.5 Å². The third-order valence-electron chi connectivity index (χ3n) is 5.35. The minimum atomic E-state index is -0.325. The molecule has 0 atom stereocenters. The molecule has 0 fully saturated rings. The highest BCUT2D eigenvalue weighted by atomic mass is 79.9. The Morgan fingerprint density at radius 1 is 1.14 bits per heavy atom. The molecule has 0 aliphatic carbocycles. The largest absolute Gasteiger partial charge is 0.493 e. The molecule has 176 valence electrons. The number of rotatable bonds is 6. The predicted octanol–water partition coefficient (Wildman–Crippen LogP) is 6.52. The van der Waals surface area contributed by atoms with Gasteiger partial charge in [-0.3, -0.25) is 4.79 Å². The highest BCUT2D eigenvalue weighted by Gasteiger charge is 2.17. The number of benzene rings is 3. The van der Waals surface area contributed by atoms with Crippen LogP contribution in [0, 0.1) is 0 Å². The van der Waals surface area contributed by atoms with Crippen LogP contribution in [0.15, 0.2) is 79.4 Å². The minimum Gasteiger partial charge on any atom is -0.493 e. The zero-order chi connectivity index (χ0) is 24.5. The van der Waals surface area contributed by atoms with Gasteiger partial charge in [-0.1, -0.05) is 23.7 Å². The highest BCUT2D eigenvalue weighted by molar-refractivity contribution is 9.10. The molecule has 5 aromatic rings. The first-order chi connectivity index (χ1) is 17.0. The van der Waals surface area contributed by atoms with E-state index < -0.39 is 0 Å². The monoisotopic (exact) mass is 551 g/mol. The number of aromatic nitrogens is 2. The molecule has 0 N–H and O–H groups in total. The van der Waals surface area contributed by atoms with Gasteiger partial charge in [-0.15, -0.1) is 0 Å². The van der Waals surface area contributed by atoms with E-state index >= 15 is 0 Å². The van der Waals surface area contributed by atoms with E-state index in [1.165, 1.54) is 4.68 Å². The Morgan fingerprint density at radius 3 is 2.77 bits per heavy atom. The minimum absolute atomic E-state index is 0.270. The van der Waals surface area contributed by atoms with E-state index in [1.807, 2.05) is 13.0 Å². The molecule has 0 saturated carbocycles. The first kappa shape index (κ1) is 23.1. The maximum Gasteiger partial charge on any atom is 0.282 e. The lowest BCUT2D eigenvalue weighted by atomic mass is 10.2. The Labute approximate surface area is 213 Å². The normalized spacial score (nSPS) is 11.5. The van der Waals surface area contributed by atoms with Crippen molar-refractivity contribution in [2.24, 2.45) is 5.10 Å². The Balaban J connectivity index is 1.69. The molecule has 2 aromatic heterocycles. The van der Waals surface area contributed by atoms with E-state index in [0.29, 0.717) is 50.9 Å². The molecular formula is C26H19BrClN3O4. The van der Waals surface area contributed by atoms with Gasteiger partial charge in [-0.2, -0.15) is 9.78 Å². The zero-order valence-corrected chi connectivity index (χ0v) is 21.1. The summed E-state index contributed by atoms with van der Waals surface area (Å²) in [4.78, 5) is 18.1. The van der Waals surface area contributed by atoms with E-state index in [0.717, 1.165) is 9.86 Å². The summed E-state index contributed by atoms with van der Waals surface area (Å²) in [5, 5.41) is 6.33. The number of fused-ring (bicyclic) bond motifs is 2. The first-order valence-electron chi connectivity index (χ1n) is 10.7. The van der Waals surface area contributed by atoms with E-state index in [2.05, 4.69) is 21.0 Å². The molecule has 0 spiro atoms. The lowest BCUT2D eigenvalue weighted by molar-refractivity contribution is 0.310. The Hall–Kier alpha value is -3.62. The molecule has 0 unspecified atom stereocenters. The van der Waals surface area contributed by atoms with Crippen molar-refractivity contribution in [3.05, 3.63) is 86.1 Å². The average Bonchev–Trinajstić information content (AvgIpc) is 3.27. The van der Waals surface area contributed by atoms with Crippen LogP contribution in [-0.4, -0.2) is 29.6 Å². The molecule has 0 bridgehead atoms. The zero-order valence-electron chi connectivity index (χ0n) is 18.8. The molecule has 35 heavy (non-hydrogen) atoms. The third kappa shape index (κ3) is 4.42. The maximum atomic E-state index is 13.5. The van der Waals surface area contributed by atoms with Gasteiger partial charge in [0.2, 0.25) is 5.82 Å². The van der Waals surface area contributed by atoms with Crippen molar-refractivity contribution in [3.8, 4) is 23.1 Å². The molecule has 3 aromatic carbocycles. The van der Waals surface area contributed by atoms with E-state index in [-0.39, 0.29) is 11.4 Å². The third-order valence-corrected chi connectivity index (χ3v) is 6.27. The molecule has 0 saturated heterocycles. The molecule has 0 amide bonds. The average molecular weight is 553 g/mol. The van der Waals surface area contributed by atoms with Crippen LogP contribution in [0.25, 0.3) is 33.5 Å². The highest BCUT2D eigenvalue weighted by Crippen LogP contribution is 2.33. The number of halogens is 2. The Bertz CT molecular complexity index is 1660. The standard InChI is InChI=1S/C26H19BrClN3O4/c1-3-34-23-13-19(27)16(12-22(23)33-2)14-29-31-25(30-20-7-5-4-6-18(20)26(31)32)24-11-15-10-17(28)8-9-21(15)35-24/h4-14H,3H2,1-2H3. The lowest BCUT2D eigenvalue weighted by Crippen LogP contribution is -2.20. The van der Waals surface area contributed by atoms with E-state index in [9.17, 15) is 4.79 Å². The summed E-state index contributed by atoms with van der Waals surface area (Å²) in [6, 6.07) is 17.8. The van der Waals surface area contributed by atoms with Crippen molar-refractivity contribution in [2.75, 3.05) is 13.7 Å². The van der Waals surface area contributed by atoms with Gasteiger partial charge >= 0.3 is 0 Å². The second-order valence-corrected chi connectivity index (χ2v) is 8.86. The summed E-state index contributed by atoms with van der Waals surface area (Å²) in [5.74, 6) is 1.82. The Morgan fingerprint density at radius 2 is 1.97 bits per heavy atom. The van der Waals surface area contributed by atoms with Crippen LogP contribution in [0.4, 0.5) is 0 Å². The lowest BCUT2D eigenvalue weighted by Gasteiger charge is -2.11. The van der Waals surface area contributed by atoms with Crippen LogP contribution in [0.1, 0.15) is 12.5 Å². The van der Waals surface area contributed by atoms with Crippen molar-refractivity contribution in [2.45, 2.75) is 6.92 Å². The second-order valence-electron chi connectivity index (χ2n) is 7.56. The number of nitrogens with zero attached hydrogens (tertiary/aromatic N) is 3. The van der Waals surface area contributed by atoms with Gasteiger partial charge in [0, 0.05) is 20.4 Å². The molecule has 0 radical (unpaired) electrons. The summed E-state index contributed by atoms with van der Waals surface area (Å²) in [6.45, 7) is 2.40. The SMILES string of the molecule is CCOc1cc(Br)c(C=Nn2c(-c3cc4cc(Cl)ccc4o3)nc3ccccc3c2=O)cc1OC. The smallest absolute Gasteiger partial charge is 0.282 e. The maximum absolute atomic E-state index is 13.5. The van der Waals surface area contributed by atoms with Gasteiger partial charge < -0.3 is 13.9 Å². The van der Waals surface area contributed by atoms with Crippen LogP contribution in [0.3, 0.4) is 0 Å². The van der Waals surface area contributed by atoms with Gasteiger partial charge in [0.25, 0.3) is 5.56 Å². The number of hydrogen-bond acceptors (Lipinski definition) is 6. The van der Waals surface area contributed by atoms with Crippen molar-refractivity contribution < 1.29 is 13.9 Å². The molecule has 7 nitrogen and oxygen atoms in total. The van der Waals surface area contributed by atoms with Gasteiger partial charge in [0.1, 0.15) is 5.58 Å². The molecule has 5 rings (SSSR count). The van der Waals surface area contributed by atoms with Crippen LogP contribution in [0.5, 0.6) is 11.5 Å². The van der Waals surface area contributed by atoms with Crippen LogP contribution < -0.4 is 15.0 Å². The van der Waals surface area contributed by atoms with Crippen molar-refractivity contribution in [3.63, 3.8) is 0 Å². The summed E-state index contributed by atoms with van der Waals surface area (Å²) in [6.07, 6.45) is 1.56. The Kier molecular flexibility index (Phi) is 6.32. The quantitative estimate of drug-likeness (QED) is 0.224. The van der Waals surface area contributed by atoms with Crippen LogP contribution in [-0.2, 0) is 0 Å². The summed E-state index contributed by atoms with van der Waals surface area (Å²) < 4.78 is 19.0. The molecule has 2 heterocycles. The van der Waals surface area contributed by atoms with Gasteiger partial charge in [0.15, 0.2) is 17.3 Å². The first-order valence-corrected chi connectivity index (χ1v) is 11.9. The van der Waals surface area contributed by atoms with Gasteiger partial charge in [0.05, 0.1) is 30.8 Å². The van der Waals surface area contributed by atoms with Gasteiger partial charge in [-0.05, 0) is 71.4 Å².